The highest BCUT2D eigenvalue weighted by Gasteiger charge is 2.51. The number of methoxy groups -OCH3 is 2. The second-order valence-corrected chi connectivity index (χ2v) is 9.65. The van der Waals surface area contributed by atoms with E-state index in [-0.39, 0.29) is 17.9 Å². The third kappa shape index (κ3) is 5.16. The standard InChI is InChI=1S/C24H32N2O6/c1-30-18-3-4-19(20(8-18)31-2)26-22(28)14-32-23(29)13-25-21(27)12-24-9-15-5-16(10-24)7-17(6-15)11-24/h3-4,8,15-17H,5-7,9-14H2,1-2H3,(H,25,27)(H,26,28). The molecular formula is C24H32N2O6. The SMILES string of the molecule is COc1ccc(NC(=O)COC(=O)CNC(=O)CC23CC4CC(CC(C4)C2)C3)c(OC)c1. The van der Waals surface area contributed by atoms with Gasteiger partial charge in [0.15, 0.2) is 6.61 Å². The Kier molecular flexibility index (Phi) is 6.58. The summed E-state index contributed by atoms with van der Waals surface area (Å²) in [4.78, 5) is 36.7. The minimum Gasteiger partial charge on any atom is -0.497 e. The van der Waals surface area contributed by atoms with Crippen LogP contribution in [-0.4, -0.2) is 45.2 Å². The molecule has 0 aromatic heterocycles. The maximum Gasteiger partial charge on any atom is 0.325 e. The predicted octanol–water partition coefficient (Wildman–Crippen LogP) is 2.91. The number of hydrogen-bond donors (Lipinski definition) is 2. The summed E-state index contributed by atoms with van der Waals surface area (Å²) < 4.78 is 15.4. The van der Waals surface area contributed by atoms with Crippen molar-refractivity contribution in [3.63, 3.8) is 0 Å². The Morgan fingerprint density at radius 3 is 2.22 bits per heavy atom. The molecule has 4 bridgehead atoms. The van der Waals surface area contributed by atoms with Crippen LogP contribution in [0.4, 0.5) is 5.69 Å². The summed E-state index contributed by atoms with van der Waals surface area (Å²) in [5.41, 5.74) is 0.568. The van der Waals surface area contributed by atoms with Gasteiger partial charge in [-0.2, -0.15) is 0 Å². The highest BCUT2D eigenvalue weighted by Crippen LogP contribution is 2.61. The van der Waals surface area contributed by atoms with Crippen LogP contribution in [0.1, 0.15) is 44.9 Å². The highest BCUT2D eigenvalue weighted by molar-refractivity contribution is 5.94. The summed E-state index contributed by atoms with van der Waals surface area (Å²) in [5.74, 6) is 2.13. The molecule has 2 N–H and O–H groups in total. The third-order valence-electron chi connectivity index (χ3n) is 7.18. The predicted molar refractivity (Wildman–Crippen MR) is 117 cm³/mol. The topological polar surface area (TPSA) is 103 Å². The number of hydrogen-bond acceptors (Lipinski definition) is 6. The molecule has 5 rings (SSSR count). The van der Waals surface area contributed by atoms with Crippen molar-refractivity contribution in [2.24, 2.45) is 23.2 Å². The Labute approximate surface area is 188 Å². The van der Waals surface area contributed by atoms with Crippen molar-refractivity contribution in [1.82, 2.24) is 5.32 Å². The van der Waals surface area contributed by atoms with Gasteiger partial charge in [-0.05, 0) is 73.8 Å². The number of amides is 2. The Balaban J connectivity index is 1.18. The molecule has 4 aliphatic rings. The zero-order valence-electron chi connectivity index (χ0n) is 18.8. The minimum absolute atomic E-state index is 0.101. The summed E-state index contributed by atoms with van der Waals surface area (Å²) in [6.07, 6.45) is 7.91. The van der Waals surface area contributed by atoms with Gasteiger partial charge in [-0.1, -0.05) is 0 Å². The van der Waals surface area contributed by atoms with E-state index < -0.39 is 18.5 Å². The molecule has 4 aliphatic carbocycles. The second-order valence-electron chi connectivity index (χ2n) is 9.65. The molecule has 0 spiro atoms. The summed E-state index contributed by atoms with van der Waals surface area (Å²) in [6, 6.07) is 4.96. The van der Waals surface area contributed by atoms with Gasteiger partial charge in [0.2, 0.25) is 5.91 Å². The van der Waals surface area contributed by atoms with Crippen LogP contribution in [0.25, 0.3) is 0 Å². The van der Waals surface area contributed by atoms with Crippen LogP contribution in [0, 0.1) is 23.2 Å². The van der Waals surface area contributed by atoms with Crippen molar-refractivity contribution in [3.8, 4) is 11.5 Å². The van der Waals surface area contributed by atoms with E-state index in [4.69, 9.17) is 14.2 Å². The average molecular weight is 445 g/mol. The molecule has 0 unspecified atom stereocenters. The van der Waals surface area contributed by atoms with Gasteiger partial charge in [0.1, 0.15) is 18.0 Å². The molecule has 174 valence electrons. The first-order chi connectivity index (χ1) is 15.4. The molecule has 0 saturated heterocycles. The minimum atomic E-state index is -0.638. The highest BCUT2D eigenvalue weighted by atomic mass is 16.5. The van der Waals surface area contributed by atoms with Crippen molar-refractivity contribution in [2.45, 2.75) is 44.9 Å². The maximum atomic E-state index is 12.5. The molecule has 1 aromatic carbocycles. The molecule has 8 heteroatoms. The lowest BCUT2D eigenvalue weighted by Gasteiger charge is -2.56. The zero-order valence-corrected chi connectivity index (χ0v) is 18.8. The number of carbonyl (C=O) groups is 3. The van der Waals surface area contributed by atoms with E-state index in [1.807, 2.05) is 0 Å². The average Bonchev–Trinajstić information content (AvgIpc) is 2.75. The molecule has 8 nitrogen and oxygen atoms in total. The largest absolute Gasteiger partial charge is 0.497 e. The van der Waals surface area contributed by atoms with E-state index in [1.165, 1.54) is 33.5 Å². The Morgan fingerprint density at radius 1 is 0.969 bits per heavy atom. The first-order valence-electron chi connectivity index (χ1n) is 11.3. The van der Waals surface area contributed by atoms with Crippen LogP contribution in [0.15, 0.2) is 18.2 Å². The fourth-order valence-electron chi connectivity index (χ4n) is 6.37. The monoisotopic (exact) mass is 444 g/mol. The van der Waals surface area contributed by atoms with Gasteiger partial charge >= 0.3 is 5.97 Å². The van der Waals surface area contributed by atoms with E-state index in [9.17, 15) is 14.4 Å². The van der Waals surface area contributed by atoms with Crippen molar-refractivity contribution >= 4 is 23.5 Å². The van der Waals surface area contributed by atoms with Crippen molar-refractivity contribution < 1.29 is 28.6 Å². The van der Waals surface area contributed by atoms with Crippen LogP contribution >= 0.6 is 0 Å². The van der Waals surface area contributed by atoms with Crippen LogP contribution in [0.5, 0.6) is 11.5 Å². The third-order valence-corrected chi connectivity index (χ3v) is 7.18. The van der Waals surface area contributed by atoms with Crippen LogP contribution in [-0.2, 0) is 19.1 Å². The normalized spacial score (nSPS) is 27.5. The molecule has 0 atom stereocenters. The van der Waals surface area contributed by atoms with Crippen LogP contribution in [0.3, 0.4) is 0 Å². The summed E-state index contributed by atoms with van der Waals surface area (Å²) >= 11 is 0. The van der Waals surface area contributed by atoms with Gasteiger partial charge in [0.05, 0.1) is 19.9 Å². The molecule has 32 heavy (non-hydrogen) atoms. The van der Waals surface area contributed by atoms with Crippen molar-refractivity contribution in [2.75, 3.05) is 32.7 Å². The first-order valence-corrected chi connectivity index (χ1v) is 11.3. The number of anilines is 1. The second kappa shape index (κ2) is 9.38. The molecule has 2 amide bonds. The fourth-order valence-corrected chi connectivity index (χ4v) is 6.37. The van der Waals surface area contributed by atoms with Gasteiger partial charge in [0.25, 0.3) is 5.91 Å². The van der Waals surface area contributed by atoms with E-state index in [1.54, 1.807) is 18.2 Å². The molecule has 1 aromatic rings. The Morgan fingerprint density at radius 2 is 1.62 bits per heavy atom. The van der Waals surface area contributed by atoms with Crippen molar-refractivity contribution in [1.29, 1.82) is 0 Å². The smallest absolute Gasteiger partial charge is 0.325 e. The fraction of sp³-hybridized carbons (Fsp3) is 0.625. The van der Waals surface area contributed by atoms with Crippen molar-refractivity contribution in [3.05, 3.63) is 18.2 Å². The lowest BCUT2D eigenvalue weighted by atomic mass is 9.49. The van der Waals surface area contributed by atoms with E-state index in [0.717, 1.165) is 37.0 Å². The number of rotatable bonds is 9. The summed E-state index contributed by atoms with van der Waals surface area (Å²) in [6.45, 7) is -0.677. The number of benzene rings is 1. The van der Waals surface area contributed by atoms with Gasteiger partial charge in [-0.25, -0.2) is 0 Å². The number of nitrogens with one attached hydrogen (secondary N) is 2. The first kappa shape index (κ1) is 22.4. The van der Waals surface area contributed by atoms with E-state index >= 15 is 0 Å². The Hall–Kier alpha value is -2.77. The lowest BCUT2D eigenvalue weighted by Crippen LogP contribution is -2.48. The number of carbonyl (C=O) groups excluding carboxylic acids is 3. The molecular weight excluding hydrogens is 412 g/mol. The quantitative estimate of drug-likeness (QED) is 0.568. The lowest BCUT2D eigenvalue weighted by molar-refractivity contribution is -0.147. The van der Waals surface area contributed by atoms with E-state index in [2.05, 4.69) is 10.6 Å². The molecule has 4 fully saturated rings. The van der Waals surface area contributed by atoms with Crippen LogP contribution < -0.4 is 20.1 Å². The van der Waals surface area contributed by atoms with Crippen LogP contribution in [0.2, 0.25) is 0 Å². The molecule has 0 radical (unpaired) electrons. The van der Waals surface area contributed by atoms with Gasteiger partial charge < -0.3 is 24.8 Å². The molecule has 4 saturated carbocycles. The Bertz CT molecular complexity index is 848. The number of esters is 1. The van der Waals surface area contributed by atoms with Gasteiger partial charge in [-0.3, -0.25) is 14.4 Å². The summed E-state index contributed by atoms with van der Waals surface area (Å²) in [5, 5.41) is 5.32. The number of ether oxygens (including phenoxy) is 3. The zero-order chi connectivity index (χ0) is 22.7. The van der Waals surface area contributed by atoms with Gasteiger partial charge in [0, 0.05) is 12.5 Å². The summed E-state index contributed by atoms with van der Waals surface area (Å²) in [7, 11) is 3.02. The maximum absolute atomic E-state index is 12.5. The molecule has 0 aliphatic heterocycles. The molecule has 0 heterocycles. The van der Waals surface area contributed by atoms with Gasteiger partial charge in [-0.15, -0.1) is 0 Å². The van der Waals surface area contributed by atoms with E-state index in [0.29, 0.717) is 23.6 Å².